The van der Waals surface area contributed by atoms with Crippen molar-refractivity contribution in [2.24, 2.45) is 0 Å². The van der Waals surface area contributed by atoms with Crippen LogP contribution in [0.5, 0.6) is 11.6 Å². The number of hydrogen-bond acceptors (Lipinski definition) is 4. The Hall–Kier alpha value is -2.23. The number of hydrogen-bond donors (Lipinski definition) is 2. The van der Waals surface area contributed by atoms with Gasteiger partial charge in [-0.1, -0.05) is 32.9 Å². The molecule has 19 heavy (non-hydrogen) atoms. The van der Waals surface area contributed by atoms with E-state index in [4.69, 9.17) is 16.2 Å². The summed E-state index contributed by atoms with van der Waals surface area (Å²) in [7, 11) is 0. The van der Waals surface area contributed by atoms with Crippen LogP contribution in [-0.4, -0.2) is 4.98 Å². The van der Waals surface area contributed by atoms with Crippen LogP contribution >= 0.6 is 0 Å². The van der Waals surface area contributed by atoms with Gasteiger partial charge in [-0.2, -0.15) is 4.98 Å². The molecule has 0 spiro atoms. The summed E-state index contributed by atoms with van der Waals surface area (Å²) in [5.74, 6) is 1.45. The van der Waals surface area contributed by atoms with Gasteiger partial charge in [0.15, 0.2) is 5.82 Å². The molecule has 4 N–H and O–H groups in total. The van der Waals surface area contributed by atoms with Crippen LogP contribution in [-0.2, 0) is 5.41 Å². The number of aromatic nitrogens is 1. The molecule has 1 aromatic carbocycles. The molecule has 100 valence electrons. The highest BCUT2D eigenvalue weighted by Crippen LogP contribution is 2.27. The van der Waals surface area contributed by atoms with Gasteiger partial charge in [0.25, 0.3) is 0 Å². The average molecular weight is 257 g/mol. The van der Waals surface area contributed by atoms with E-state index in [0.29, 0.717) is 11.6 Å². The lowest BCUT2D eigenvalue weighted by Crippen LogP contribution is -2.10. The molecule has 0 saturated carbocycles. The molecule has 0 unspecified atom stereocenters. The van der Waals surface area contributed by atoms with Crippen molar-refractivity contribution in [3.8, 4) is 11.6 Å². The number of rotatable bonds is 2. The highest BCUT2D eigenvalue weighted by Gasteiger charge is 2.13. The molecule has 2 rings (SSSR count). The molecule has 0 fully saturated rings. The van der Waals surface area contributed by atoms with Gasteiger partial charge in [0.2, 0.25) is 5.88 Å². The molecule has 0 aliphatic carbocycles. The zero-order valence-electron chi connectivity index (χ0n) is 11.5. The largest absolute Gasteiger partial charge is 0.439 e. The lowest BCUT2D eigenvalue weighted by atomic mass is 9.87. The molecule has 0 amide bonds. The van der Waals surface area contributed by atoms with E-state index < -0.39 is 0 Å². The van der Waals surface area contributed by atoms with E-state index in [0.717, 1.165) is 5.75 Å². The molecule has 0 radical (unpaired) electrons. The predicted molar refractivity (Wildman–Crippen MR) is 78.3 cm³/mol. The number of pyridine rings is 1. The number of benzene rings is 1. The van der Waals surface area contributed by atoms with Gasteiger partial charge in [-0.3, -0.25) is 0 Å². The minimum atomic E-state index is 0.127. The summed E-state index contributed by atoms with van der Waals surface area (Å²) in [4.78, 5) is 4.07. The van der Waals surface area contributed by atoms with Crippen molar-refractivity contribution in [2.45, 2.75) is 26.2 Å². The van der Waals surface area contributed by atoms with Crippen LogP contribution < -0.4 is 16.2 Å². The summed E-state index contributed by atoms with van der Waals surface area (Å²) >= 11 is 0. The van der Waals surface area contributed by atoms with Gasteiger partial charge in [0.1, 0.15) is 5.75 Å². The fourth-order valence-electron chi connectivity index (χ4n) is 1.67. The molecule has 0 saturated heterocycles. The zero-order chi connectivity index (χ0) is 14.0. The van der Waals surface area contributed by atoms with E-state index in [-0.39, 0.29) is 11.2 Å². The summed E-state index contributed by atoms with van der Waals surface area (Å²) in [6.45, 7) is 6.52. The maximum absolute atomic E-state index is 5.64. The molecule has 1 heterocycles. The zero-order valence-corrected chi connectivity index (χ0v) is 11.5. The Morgan fingerprint density at radius 3 is 2.11 bits per heavy atom. The second-order valence-electron chi connectivity index (χ2n) is 5.50. The third-order valence-corrected chi connectivity index (χ3v) is 2.87. The topological polar surface area (TPSA) is 74.2 Å². The Bertz CT molecular complexity index is 571. The Morgan fingerprint density at radius 2 is 1.58 bits per heavy atom. The number of nitrogens with two attached hydrogens (primary N) is 2. The van der Waals surface area contributed by atoms with Gasteiger partial charge in [-0.15, -0.1) is 0 Å². The third kappa shape index (κ3) is 3.16. The van der Waals surface area contributed by atoms with Crippen LogP contribution in [0.1, 0.15) is 26.3 Å². The first-order valence-electron chi connectivity index (χ1n) is 6.16. The molecule has 4 nitrogen and oxygen atoms in total. The van der Waals surface area contributed by atoms with Crippen molar-refractivity contribution < 1.29 is 4.74 Å². The maximum atomic E-state index is 5.64. The predicted octanol–water partition coefficient (Wildman–Crippen LogP) is 3.34. The Morgan fingerprint density at radius 1 is 0.947 bits per heavy atom. The van der Waals surface area contributed by atoms with Crippen LogP contribution in [0.25, 0.3) is 0 Å². The van der Waals surface area contributed by atoms with E-state index in [1.807, 2.05) is 12.1 Å². The van der Waals surface area contributed by atoms with Gasteiger partial charge in [0.05, 0.1) is 5.69 Å². The summed E-state index contributed by atoms with van der Waals surface area (Å²) in [6, 6.07) is 11.3. The number of ether oxygens (including phenoxy) is 1. The van der Waals surface area contributed by atoms with E-state index in [1.54, 1.807) is 12.1 Å². The molecular formula is C15H19N3O. The standard InChI is InChI=1S/C15H19N3O/c1-15(2,3)10-4-6-11(7-5-10)19-13-9-8-12(16)14(17)18-13/h4-9H,16H2,1-3H3,(H2,17,18). The van der Waals surface area contributed by atoms with Crippen LogP contribution in [0.2, 0.25) is 0 Å². The van der Waals surface area contributed by atoms with Gasteiger partial charge < -0.3 is 16.2 Å². The normalized spacial score (nSPS) is 11.3. The molecule has 4 heteroatoms. The number of anilines is 2. The monoisotopic (exact) mass is 257 g/mol. The summed E-state index contributed by atoms with van der Waals surface area (Å²) in [5, 5.41) is 0. The van der Waals surface area contributed by atoms with Crippen molar-refractivity contribution in [2.75, 3.05) is 11.5 Å². The second kappa shape index (κ2) is 4.80. The highest BCUT2D eigenvalue weighted by atomic mass is 16.5. The van der Waals surface area contributed by atoms with Crippen molar-refractivity contribution in [3.63, 3.8) is 0 Å². The number of nitrogens with zero attached hydrogens (tertiary/aromatic N) is 1. The fraction of sp³-hybridized carbons (Fsp3) is 0.267. The third-order valence-electron chi connectivity index (χ3n) is 2.87. The lowest BCUT2D eigenvalue weighted by molar-refractivity contribution is 0.463. The van der Waals surface area contributed by atoms with E-state index >= 15 is 0 Å². The Labute approximate surface area is 113 Å². The maximum Gasteiger partial charge on any atom is 0.221 e. The van der Waals surface area contributed by atoms with Crippen LogP contribution in [0.15, 0.2) is 36.4 Å². The van der Waals surface area contributed by atoms with Gasteiger partial charge in [0, 0.05) is 6.07 Å². The van der Waals surface area contributed by atoms with Crippen LogP contribution in [0.4, 0.5) is 11.5 Å². The van der Waals surface area contributed by atoms with E-state index in [1.165, 1.54) is 5.56 Å². The Kier molecular flexibility index (Phi) is 3.34. The smallest absolute Gasteiger partial charge is 0.221 e. The summed E-state index contributed by atoms with van der Waals surface area (Å²) < 4.78 is 5.64. The molecule has 0 bridgehead atoms. The molecule has 2 aromatic rings. The molecule has 0 atom stereocenters. The molecule has 0 aliphatic rings. The summed E-state index contributed by atoms with van der Waals surface area (Å²) in [6.07, 6.45) is 0. The minimum Gasteiger partial charge on any atom is -0.439 e. The lowest BCUT2D eigenvalue weighted by Gasteiger charge is -2.19. The van der Waals surface area contributed by atoms with Crippen molar-refractivity contribution in [1.29, 1.82) is 0 Å². The minimum absolute atomic E-state index is 0.127. The van der Waals surface area contributed by atoms with Crippen LogP contribution in [0, 0.1) is 0 Å². The fourth-order valence-corrected chi connectivity index (χ4v) is 1.67. The average Bonchev–Trinajstić information content (AvgIpc) is 2.33. The highest BCUT2D eigenvalue weighted by molar-refractivity contribution is 5.58. The number of nitrogen functional groups attached to an aromatic ring is 2. The van der Waals surface area contributed by atoms with Crippen LogP contribution in [0.3, 0.4) is 0 Å². The first-order chi connectivity index (χ1) is 8.86. The molecule has 0 aliphatic heterocycles. The van der Waals surface area contributed by atoms with E-state index in [9.17, 15) is 0 Å². The van der Waals surface area contributed by atoms with Gasteiger partial charge >= 0.3 is 0 Å². The van der Waals surface area contributed by atoms with Crippen molar-refractivity contribution >= 4 is 11.5 Å². The quantitative estimate of drug-likeness (QED) is 0.865. The van der Waals surface area contributed by atoms with Gasteiger partial charge in [-0.25, -0.2) is 0 Å². The first-order valence-corrected chi connectivity index (χ1v) is 6.16. The van der Waals surface area contributed by atoms with Crippen molar-refractivity contribution in [1.82, 2.24) is 4.98 Å². The van der Waals surface area contributed by atoms with Crippen molar-refractivity contribution in [3.05, 3.63) is 42.0 Å². The van der Waals surface area contributed by atoms with Gasteiger partial charge in [-0.05, 0) is 29.2 Å². The first kappa shape index (κ1) is 13.2. The second-order valence-corrected chi connectivity index (χ2v) is 5.50. The summed E-state index contributed by atoms with van der Waals surface area (Å²) in [5.41, 5.74) is 13.1. The molecular weight excluding hydrogens is 238 g/mol. The van der Waals surface area contributed by atoms with E-state index in [2.05, 4.69) is 37.9 Å². The SMILES string of the molecule is CC(C)(C)c1ccc(Oc2ccc(N)c(N)n2)cc1. The molecule has 1 aromatic heterocycles. The Balaban J connectivity index is 2.17.